The first-order valence-corrected chi connectivity index (χ1v) is 13.8. The first-order chi connectivity index (χ1) is 16.3. The number of unbranched alkanes of at least 4 members (excludes halogenated alkanes) is 1. The molecule has 6 nitrogen and oxygen atoms in total. The van der Waals surface area contributed by atoms with Crippen molar-refractivity contribution in [2.45, 2.75) is 116 Å². The minimum atomic E-state index is -0.464. The lowest BCUT2D eigenvalue weighted by Gasteiger charge is -2.28. The molecule has 6 heteroatoms. The quantitative estimate of drug-likeness (QED) is 0.245. The molecule has 0 radical (unpaired) electrons. The van der Waals surface area contributed by atoms with Crippen molar-refractivity contribution in [1.82, 2.24) is 10.2 Å². The van der Waals surface area contributed by atoms with Crippen molar-refractivity contribution in [3.8, 4) is 0 Å². The fourth-order valence-electron chi connectivity index (χ4n) is 7.20. The van der Waals surface area contributed by atoms with Crippen LogP contribution in [0.1, 0.15) is 97.8 Å². The van der Waals surface area contributed by atoms with Gasteiger partial charge in [0, 0.05) is 13.2 Å². The Hall–Kier alpha value is -1.40. The number of carbonyl (C=O) groups excluding carboxylic acids is 2. The summed E-state index contributed by atoms with van der Waals surface area (Å²) in [5, 5.41) is 13.0. The first kappa shape index (κ1) is 25.7. The van der Waals surface area contributed by atoms with Crippen molar-refractivity contribution in [2.75, 3.05) is 13.2 Å². The summed E-state index contributed by atoms with van der Waals surface area (Å²) >= 11 is 0. The lowest BCUT2D eigenvalue weighted by molar-refractivity contribution is -0.121. The topological polar surface area (TPSA) is 78.9 Å². The van der Waals surface area contributed by atoms with E-state index in [2.05, 4.69) is 32.2 Å². The molecule has 1 heterocycles. The van der Waals surface area contributed by atoms with Crippen LogP contribution in [0.2, 0.25) is 0 Å². The fraction of sp³-hybridized carbons (Fsp3) is 0.857. The molecule has 1 aliphatic heterocycles. The lowest BCUT2D eigenvalue weighted by Crippen LogP contribution is -2.38. The molecule has 4 rings (SSSR count). The Labute approximate surface area is 205 Å². The maximum Gasteiger partial charge on any atom is 0.324 e. The highest BCUT2D eigenvalue weighted by Gasteiger charge is 2.72. The predicted molar refractivity (Wildman–Crippen MR) is 133 cm³/mol. The number of aliphatic hydroxyl groups excluding tert-OH is 1. The monoisotopic (exact) mass is 474 g/mol. The van der Waals surface area contributed by atoms with E-state index in [-0.39, 0.29) is 23.6 Å². The van der Waals surface area contributed by atoms with Gasteiger partial charge in [0.15, 0.2) is 0 Å². The normalized spacial score (nSPS) is 34.4. The molecule has 0 aromatic heterocycles. The maximum absolute atomic E-state index is 12.3. The van der Waals surface area contributed by atoms with Gasteiger partial charge in [0.05, 0.1) is 11.7 Å². The number of hydrogen-bond donors (Lipinski definition) is 2. The summed E-state index contributed by atoms with van der Waals surface area (Å²) < 4.78 is 6.49. The van der Waals surface area contributed by atoms with E-state index >= 15 is 0 Å². The SMILES string of the molecule is CC1CCC2C(C)(C)C2(OCCCC=CCC2C(=O)NC(=O)N2CCC(O)C2CCCCC2)C1. The third-order valence-electron chi connectivity index (χ3n) is 9.47. The van der Waals surface area contributed by atoms with Crippen LogP contribution in [0.5, 0.6) is 0 Å². The van der Waals surface area contributed by atoms with Gasteiger partial charge < -0.3 is 14.7 Å². The number of urea groups is 1. The zero-order valence-electron chi connectivity index (χ0n) is 21.6. The number of carbonyl (C=O) groups is 2. The number of nitrogens with zero attached hydrogens (tertiary/aromatic N) is 1. The second-order valence-electron chi connectivity index (χ2n) is 12.0. The van der Waals surface area contributed by atoms with Crippen molar-refractivity contribution in [1.29, 1.82) is 0 Å². The van der Waals surface area contributed by atoms with Crippen molar-refractivity contribution in [2.24, 2.45) is 23.2 Å². The molecular weight excluding hydrogens is 428 g/mol. The molecule has 34 heavy (non-hydrogen) atoms. The minimum Gasteiger partial charge on any atom is -0.393 e. The van der Waals surface area contributed by atoms with Gasteiger partial charge >= 0.3 is 6.03 Å². The summed E-state index contributed by atoms with van der Waals surface area (Å²) in [5.41, 5.74) is 0.406. The Morgan fingerprint density at radius 1 is 1.15 bits per heavy atom. The lowest BCUT2D eigenvalue weighted by atomic mass is 9.84. The highest BCUT2D eigenvalue weighted by Crippen LogP contribution is 2.70. The first-order valence-electron chi connectivity index (χ1n) is 13.8. The maximum atomic E-state index is 12.3. The standard InChI is InChI=1S/C28H46N2O4/c1-20-14-15-24-27(2,3)28(24,19-20)34-18-10-5-4-9-13-22-25(32)29-26(33)30(22)17-16-23(31)21-11-7-6-8-12-21/h4,9,20-24,31H,5-8,10-19H2,1-3H3,(H,29,32,33). The summed E-state index contributed by atoms with van der Waals surface area (Å²) in [4.78, 5) is 26.2. The van der Waals surface area contributed by atoms with Crippen LogP contribution in [0.15, 0.2) is 12.2 Å². The molecule has 4 fully saturated rings. The van der Waals surface area contributed by atoms with E-state index in [0.29, 0.717) is 36.6 Å². The molecule has 0 aromatic carbocycles. The Morgan fingerprint density at radius 2 is 1.91 bits per heavy atom. The van der Waals surface area contributed by atoms with Gasteiger partial charge in [0.25, 0.3) is 5.91 Å². The van der Waals surface area contributed by atoms with Gasteiger partial charge in [-0.2, -0.15) is 0 Å². The third kappa shape index (κ3) is 5.23. The van der Waals surface area contributed by atoms with Gasteiger partial charge in [0.2, 0.25) is 0 Å². The Morgan fingerprint density at radius 3 is 2.68 bits per heavy atom. The highest BCUT2D eigenvalue weighted by atomic mass is 16.5. The van der Waals surface area contributed by atoms with Crippen LogP contribution in [-0.2, 0) is 9.53 Å². The summed E-state index contributed by atoms with van der Waals surface area (Å²) in [6.45, 7) is 8.29. The second-order valence-corrected chi connectivity index (χ2v) is 12.0. The predicted octanol–water partition coefficient (Wildman–Crippen LogP) is 5.20. The van der Waals surface area contributed by atoms with Gasteiger partial charge in [-0.25, -0.2) is 4.79 Å². The summed E-state index contributed by atoms with van der Waals surface area (Å²) in [7, 11) is 0. The molecule has 3 amide bonds. The van der Waals surface area contributed by atoms with Gasteiger partial charge in [-0.05, 0) is 74.5 Å². The molecule has 0 spiro atoms. The zero-order valence-corrected chi connectivity index (χ0v) is 21.6. The molecule has 5 unspecified atom stereocenters. The van der Waals surface area contributed by atoms with E-state index < -0.39 is 6.04 Å². The fourth-order valence-corrected chi connectivity index (χ4v) is 7.20. The van der Waals surface area contributed by atoms with Crippen molar-refractivity contribution in [3.63, 3.8) is 0 Å². The number of rotatable bonds is 11. The van der Waals surface area contributed by atoms with Gasteiger partial charge in [0.1, 0.15) is 6.04 Å². The molecule has 3 aliphatic carbocycles. The van der Waals surface area contributed by atoms with Gasteiger partial charge in [-0.3, -0.25) is 10.1 Å². The summed E-state index contributed by atoms with van der Waals surface area (Å²) in [6.07, 6.45) is 16.3. The van der Waals surface area contributed by atoms with E-state index in [9.17, 15) is 14.7 Å². The van der Waals surface area contributed by atoms with Crippen LogP contribution in [0.4, 0.5) is 4.79 Å². The van der Waals surface area contributed by atoms with Crippen LogP contribution in [0.3, 0.4) is 0 Å². The van der Waals surface area contributed by atoms with Gasteiger partial charge in [-0.15, -0.1) is 0 Å². The van der Waals surface area contributed by atoms with E-state index in [4.69, 9.17) is 4.74 Å². The second kappa shape index (κ2) is 10.7. The Bertz CT molecular complexity index is 760. The van der Waals surface area contributed by atoms with Crippen molar-refractivity contribution in [3.05, 3.63) is 12.2 Å². The smallest absolute Gasteiger partial charge is 0.324 e. The van der Waals surface area contributed by atoms with Crippen LogP contribution in [0, 0.1) is 23.2 Å². The number of hydrogen-bond acceptors (Lipinski definition) is 4. The Kier molecular flexibility index (Phi) is 8.08. The molecule has 1 saturated heterocycles. The largest absolute Gasteiger partial charge is 0.393 e. The summed E-state index contributed by atoms with van der Waals surface area (Å²) in [5.74, 6) is 1.58. The number of amides is 3. The number of imide groups is 1. The molecule has 2 N–H and O–H groups in total. The van der Waals surface area contributed by atoms with Crippen LogP contribution in [-0.4, -0.2) is 52.8 Å². The average Bonchev–Trinajstić information content (AvgIpc) is 3.15. The molecular formula is C28H46N2O4. The van der Waals surface area contributed by atoms with Gasteiger partial charge in [-0.1, -0.05) is 58.6 Å². The van der Waals surface area contributed by atoms with Crippen molar-refractivity contribution >= 4 is 11.9 Å². The highest BCUT2D eigenvalue weighted by molar-refractivity contribution is 6.04. The zero-order chi connectivity index (χ0) is 24.3. The molecule has 192 valence electrons. The molecule has 3 saturated carbocycles. The number of fused-ring (bicyclic) bond motifs is 1. The molecule has 4 aliphatic rings. The molecule has 0 aromatic rings. The number of ether oxygens (including phenoxy) is 1. The van der Waals surface area contributed by atoms with Crippen LogP contribution in [0.25, 0.3) is 0 Å². The van der Waals surface area contributed by atoms with E-state index in [1.54, 1.807) is 4.90 Å². The summed E-state index contributed by atoms with van der Waals surface area (Å²) in [6, 6.07) is -0.788. The van der Waals surface area contributed by atoms with Crippen LogP contribution >= 0.6 is 0 Å². The van der Waals surface area contributed by atoms with E-state index in [1.165, 1.54) is 38.5 Å². The molecule has 0 bridgehead atoms. The third-order valence-corrected chi connectivity index (χ3v) is 9.47. The number of allylic oxidation sites excluding steroid dienone is 1. The van der Waals surface area contributed by atoms with Crippen LogP contribution < -0.4 is 5.32 Å². The number of aliphatic hydroxyl groups is 1. The molecule has 5 atom stereocenters. The number of nitrogens with one attached hydrogen (secondary N) is 1. The van der Waals surface area contributed by atoms with E-state index in [0.717, 1.165) is 38.2 Å². The van der Waals surface area contributed by atoms with Crippen molar-refractivity contribution < 1.29 is 19.4 Å². The Balaban J connectivity index is 1.17. The minimum absolute atomic E-state index is 0.0966. The van der Waals surface area contributed by atoms with E-state index in [1.807, 2.05) is 6.08 Å². The average molecular weight is 475 g/mol.